The molecule has 1 N–H and O–H groups in total. The standard InChI is InChI=1S/C27H26N5O5P/c1-5-26(33)31(4)23-9-7-8-19(13-23)21-14-24-25(20-10-11-29-22(12-20)15-28)17-32(27(24)30-16-21)18(3)37-38(34,35)36-6-2/h5,7-14,16-18H,1,6H2,2-4H3,(H,34,35). The van der Waals surface area contributed by atoms with Crippen molar-refractivity contribution >= 4 is 30.5 Å². The summed E-state index contributed by atoms with van der Waals surface area (Å²) in [7, 11) is -2.62. The van der Waals surface area contributed by atoms with Gasteiger partial charge in [0.15, 0.2) is 0 Å². The quantitative estimate of drug-likeness (QED) is 0.223. The Morgan fingerprint density at radius 1 is 1.26 bits per heavy atom. The Morgan fingerprint density at radius 3 is 2.76 bits per heavy atom. The fourth-order valence-electron chi connectivity index (χ4n) is 4.05. The van der Waals surface area contributed by atoms with Gasteiger partial charge in [0.05, 0.1) is 6.61 Å². The van der Waals surface area contributed by atoms with E-state index in [1.807, 2.05) is 36.4 Å². The molecule has 0 aliphatic heterocycles. The maximum atomic E-state index is 12.3. The third kappa shape index (κ3) is 5.57. The maximum absolute atomic E-state index is 12.3. The molecule has 0 spiro atoms. The molecule has 0 saturated heterocycles. The molecule has 0 saturated carbocycles. The summed E-state index contributed by atoms with van der Waals surface area (Å²) in [5.41, 5.74) is 4.48. The number of rotatable bonds is 9. The fourth-order valence-corrected chi connectivity index (χ4v) is 4.93. The van der Waals surface area contributed by atoms with E-state index in [1.165, 1.54) is 11.0 Å². The molecule has 2 unspecified atom stereocenters. The number of amides is 1. The molecule has 10 nitrogen and oxygen atoms in total. The van der Waals surface area contributed by atoms with Crippen LogP contribution in [0.4, 0.5) is 5.69 Å². The number of anilines is 1. The lowest BCUT2D eigenvalue weighted by Gasteiger charge is -2.19. The highest BCUT2D eigenvalue weighted by Gasteiger charge is 2.26. The predicted octanol–water partition coefficient (Wildman–Crippen LogP) is 5.46. The van der Waals surface area contributed by atoms with Gasteiger partial charge in [-0.2, -0.15) is 5.26 Å². The van der Waals surface area contributed by atoms with Gasteiger partial charge in [-0.15, -0.1) is 0 Å². The van der Waals surface area contributed by atoms with Crippen LogP contribution < -0.4 is 4.90 Å². The van der Waals surface area contributed by atoms with E-state index in [0.29, 0.717) is 16.9 Å². The zero-order valence-corrected chi connectivity index (χ0v) is 22.0. The number of fused-ring (bicyclic) bond motifs is 1. The monoisotopic (exact) mass is 531 g/mol. The Balaban J connectivity index is 1.86. The van der Waals surface area contributed by atoms with Gasteiger partial charge in [0, 0.05) is 47.8 Å². The number of pyridine rings is 2. The summed E-state index contributed by atoms with van der Waals surface area (Å²) in [6.45, 7) is 6.77. The molecule has 194 valence electrons. The SMILES string of the molecule is C=CC(=O)N(C)c1cccc(-c2cnc3c(c2)c(-c2ccnc(C#N)c2)cn3C(C)OP(=O)(O)OCC)c1. The van der Waals surface area contributed by atoms with Gasteiger partial charge in [0.1, 0.15) is 23.6 Å². The molecule has 3 aromatic heterocycles. The highest BCUT2D eigenvalue weighted by atomic mass is 31.2. The highest BCUT2D eigenvalue weighted by Crippen LogP contribution is 2.47. The van der Waals surface area contributed by atoms with Crippen molar-refractivity contribution in [2.24, 2.45) is 0 Å². The van der Waals surface area contributed by atoms with Gasteiger partial charge < -0.3 is 14.4 Å². The minimum Gasteiger partial charge on any atom is -0.312 e. The van der Waals surface area contributed by atoms with Crippen molar-refractivity contribution in [1.82, 2.24) is 14.5 Å². The van der Waals surface area contributed by atoms with E-state index < -0.39 is 14.1 Å². The molecule has 4 rings (SSSR count). The third-order valence-electron chi connectivity index (χ3n) is 5.90. The van der Waals surface area contributed by atoms with E-state index in [2.05, 4.69) is 16.5 Å². The average Bonchev–Trinajstić information content (AvgIpc) is 3.31. The molecule has 3 heterocycles. The first-order valence-corrected chi connectivity index (χ1v) is 13.2. The Kier molecular flexibility index (Phi) is 7.86. The van der Waals surface area contributed by atoms with Gasteiger partial charge in [-0.25, -0.2) is 14.5 Å². The fraction of sp³-hybridized carbons (Fsp3) is 0.185. The molecule has 0 bridgehead atoms. The van der Waals surface area contributed by atoms with Crippen LogP contribution in [0.25, 0.3) is 33.3 Å². The van der Waals surface area contributed by atoms with Crippen molar-refractivity contribution < 1.29 is 23.3 Å². The van der Waals surface area contributed by atoms with Crippen molar-refractivity contribution in [3.05, 3.63) is 79.4 Å². The van der Waals surface area contributed by atoms with E-state index in [-0.39, 0.29) is 18.2 Å². The molecule has 1 aromatic carbocycles. The second-order valence-corrected chi connectivity index (χ2v) is 9.74. The van der Waals surface area contributed by atoms with E-state index in [0.717, 1.165) is 22.1 Å². The topological polar surface area (TPSA) is 131 Å². The molecule has 0 aliphatic carbocycles. The number of carbonyl (C=O) groups excluding carboxylic acids is 1. The molecule has 0 aliphatic rings. The maximum Gasteiger partial charge on any atom is 0.474 e. The van der Waals surface area contributed by atoms with Gasteiger partial charge in [-0.3, -0.25) is 13.8 Å². The first kappa shape index (κ1) is 26.9. The summed E-state index contributed by atoms with van der Waals surface area (Å²) in [6, 6.07) is 14.9. The molecule has 4 aromatic rings. The van der Waals surface area contributed by atoms with Crippen LogP contribution in [-0.4, -0.2) is 39.0 Å². The van der Waals surface area contributed by atoms with Crippen LogP contribution in [0.5, 0.6) is 0 Å². The van der Waals surface area contributed by atoms with E-state index in [4.69, 9.17) is 9.05 Å². The number of aromatic nitrogens is 3. The minimum absolute atomic E-state index is 0.0143. The Labute approximate surface area is 220 Å². The van der Waals surface area contributed by atoms with Crippen LogP contribution in [0.2, 0.25) is 0 Å². The number of likely N-dealkylation sites (N-methyl/N-ethyl adjacent to an activating group) is 1. The largest absolute Gasteiger partial charge is 0.474 e. The first-order chi connectivity index (χ1) is 18.2. The number of phosphoric acid groups is 1. The van der Waals surface area contributed by atoms with Crippen LogP contribution in [0.1, 0.15) is 25.8 Å². The summed E-state index contributed by atoms with van der Waals surface area (Å²) >= 11 is 0. The number of nitrogens with zero attached hydrogens (tertiary/aromatic N) is 5. The molecule has 0 radical (unpaired) electrons. The lowest BCUT2D eigenvalue weighted by molar-refractivity contribution is -0.113. The average molecular weight is 532 g/mol. The Bertz CT molecular complexity index is 1610. The van der Waals surface area contributed by atoms with Crippen LogP contribution in [-0.2, 0) is 18.4 Å². The van der Waals surface area contributed by atoms with Crippen molar-refractivity contribution in [2.45, 2.75) is 20.1 Å². The summed E-state index contributed by atoms with van der Waals surface area (Å²) in [5, 5.41) is 10.1. The number of phosphoric ester groups is 1. The number of carbonyl (C=O) groups is 1. The summed E-state index contributed by atoms with van der Waals surface area (Å²) in [5.74, 6) is -0.233. The molecule has 2 atom stereocenters. The van der Waals surface area contributed by atoms with Crippen LogP contribution in [0.15, 0.2) is 73.7 Å². The van der Waals surface area contributed by atoms with Gasteiger partial charge >= 0.3 is 7.82 Å². The third-order valence-corrected chi connectivity index (χ3v) is 7.05. The second kappa shape index (κ2) is 11.1. The van der Waals surface area contributed by atoms with Crippen molar-refractivity contribution in [1.29, 1.82) is 5.26 Å². The molecule has 11 heteroatoms. The molecule has 38 heavy (non-hydrogen) atoms. The molecule has 1 amide bonds. The van der Waals surface area contributed by atoms with Crippen molar-refractivity contribution in [2.75, 3.05) is 18.6 Å². The minimum atomic E-state index is -4.29. The Morgan fingerprint density at radius 2 is 2.05 bits per heavy atom. The number of benzene rings is 1. The summed E-state index contributed by atoms with van der Waals surface area (Å²) in [4.78, 5) is 32.3. The smallest absolute Gasteiger partial charge is 0.312 e. The zero-order chi connectivity index (χ0) is 27.4. The lowest BCUT2D eigenvalue weighted by Crippen LogP contribution is -2.23. The van der Waals surface area contributed by atoms with Crippen molar-refractivity contribution in [3.63, 3.8) is 0 Å². The first-order valence-electron chi connectivity index (χ1n) is 11.7. The number of nitriles is 1. The number of hydrogen-bond donors (Lipinski definition) is 1. The summed E-state index contributed by atoms with van der Waals surface area (Å²) < 4.78 is 24.1. The van der Waals surface area contributed by atoms with E-state index in [9.17, 15) is 19.5 Å². The lowest BCUT2D eigenvalue weighted by atomic mass is 10.0. The van der Waals surface area contributed by atoms with Gasteiger partial charge in [-0.1, -0.05) is 18.7 Å². The van der Waals surface area contributed by atoms with Gasteiger partial charge in [-0.05, 0) is 61.4 Å². The molecular weight excluding hydrogens is 505 g/mol. The van der Waals surface area contributed by atoms with Gasteiger partial charge in [0.2, 0.25) is 5.91 Å². The molecule has 0 fully saturated rings. The van der Waals surface area contributed by atoms with Crippen LogP contribution >= 0.6 is 7.82 Å². The molecular formula is C27H26N5O5P. The predicted molar refractivity (Wildman–Crippen MR) is 144 cm³/mol. The van der Waals surface area contributed by atoms with Crippen molar-refractivity contribution in [3.8, 4) is 28.3 Å². The number of hydrogen-bond acceptors (Lipinski definition) is 7. The van der Waals surface area contributed by atoms with Crippen LogP contribution in [0.3, 0.4) is 0 Å². The Hall–Kier alpha value is -4.13. The van der Waals surface area contributed by atoms with Crippen LogP contribution in [0, 0.1) is 11.3 Å². The van der Waals surface area contributed by atoms with E-state index >= 15 is 0 Å². The van der Waals surface area contributed by atoms with E-state index in [1.54, 1.807) is 56.2 Å². The second-order valence-electron chi connectivity index (χ2n) is 8.33. The van der Waals surface area contributed by atoms with Gasteiger partial charge in [0.25, 0.3) is 0 Å². The highest BCUT2D eigenvalue weighted by molar-refractivity contribution is 7.47. The summed E-state index contributed by atoms with van der Waals surface area (Å²) in [6.07, 6.45) is 5.33. The zero-order valence-electron chi connectivity index (χ0n) is 21.1. The normalized spacial score (nSPS) is 13.4.